The number of rotatable bonds is 7. The molecule has 0 bridgehead atoms. The van der Waals surface area contributed by atoms with Crippen LogP contribution in [-0.4, -0.2) is 72.1 Å². The van der Waals surface area contributed by atoms with E-state index in [1.807, 2.05) is 0 Å². The average Bonchev–Trinajstić information content (AvgIpc) is 3.62. The second-order valence-electron chi connectivity index (χ2n) is 9.48. The molecule has 4 rings (SSSR count). The first kappa shape index (κ1) is 25.2. The summed E-state index contributed by atoms with van der Waals surface area (Å²) < 4.78 is 71.2. The van der Waals surface area contributed by atoms with Crippen LogP contribution in [0, 0.1) is 5.92 Å². The molecule has 1 aromatic rings. The van der Waals surface area contributed by atoms with Crippen LogP contribution in [0.25, 0.3) is 0 Å². The summed E-state index contributed by atoms with van der Waals surface area (Å²) in [5.74, 6) is -1.19. The molecule has 34 heavy (non-hydrogen) atoms. The van der Waals surface area contributed by atoms with Crippen molar-refractivity contribution in [2.75, 3.05) is 26.2 Å². The number of hydrogen-bond donors (Lipinski definition) is 2. The predicted molar refractivity (Wildman–Crippen MR) is 117 cm³/mol. The minimum Gasteiger partial charge on any atom is -0.481 e. The van der Waals surface area contributed by atoms with E-state index in [2.05, 4.69) is 0 Å². The molecule has 3 aliphatic rings. The lowest BCUT2D eigenvalue weighted by atomic mass is 9.90. The molecule has 2 saturated heterocycles. The third kappa shape index (κ3) is 4.91. The zero-order valence-corrected chi connectivity index (χ0v) is 19.5. The third-order valence-corrected chi connectivity index (χ3v) is 9.91. The largest absolute Gasteiger partial charge is 0.481 e. The highest BCUT2D eigenvalue weighted by Crippen LogP contribution is 2.43. The van der Waals surface area contributed by atoms with E-state index >= 15 is 0 Å². The van der Waals surface area contributed by atoms with Gasteiger partial charge in [0.05, 0.1) is 0 Å². The fourth-order valence-electron chi connectivity index (χ4n) is 4.96. The van der Waals surface area contributed by atoms with E-state index in [4.69, 9.17) is 10.5 Å². The minimum absolute atomic E-state index is 0.0335. The van der Waals surface area contributed by atoms with Crippen molar-refractivity contribution in [3.05, 3.63) is 29.8 Å². The molecule has 2 aliphatic heterocycles. The number of ether oxygens (including phenoxy) is 1. The number of halogens is 3. The van der Waals surface area contributed by atoms with Gasteiger partial charge in [-0.25, -0.2) is 12.7 Å². The molecule has 1 unspecified atom stereocenters. The molecule has 2 heterocycles. The van der Waals surface area contributed by atoms with Crippen LogP contribution in [0.2, 0.25) is 0 Å². The fraction of sp³-hybridized carbons (Fsp3) is 0.682. The number of hydroxylamine groups is 2. The number of nitrogens with two attached hydrogens (primary N) is 1. The van der Waals surface area contributed by atoms with E-state index in [0.29, 0.717) is 25.7 Å². The molecule has 0 spiro atoms. The topological polar surface area (TPSA) is 113 Å². The Morgan fingerprint density at radius 1 is 1.06 bits per heavy atom. The number of benzene rings is 1. The van der Waals surface area contributed by atoms with Crippen molar-refractivity contribution in [1.29, 1.82) is 0 Å². The Morgan fingerprint density at radius 2 is 1.62 bits per heavy atom. The molecule has 1 aromatic carbocycles. The van der Waals surface area contributed by atoms with E-state index in [9.17, 15) is 31.6 Å². The highest BCUT2D eigenvalue weighted by atomic mass is 32.2. The van der Waals surface area contributed by atoms with Gasteiger partial charge in [0.1, 0.15) is 5.75 Å². The second kappa shape index (κ2) is 9.29. The number of primary amides is 1. The van der Waals surface area contributed by atoms with Crippen LogP contribution in [0.15, 0.2) is 24.3 Å². The smallest absolute Gasteiger partial charge is 0.425 e. The highest BCUT2D eigenvalue weighted by Gasteiger charge is 2.54. The zero-order chi connectivity index (χ0) is 24.7. The van der Waals surface area contributed by atoms with Crippen LogP contribution in [0.3, 0.4) is 0 Å². The number of alkyl halides is 3. The van der Waals surface area contributed by atoms with Crippen LogP contribution >= 0.6 is 0 Å². The van der Waals surface area contributed by atoms with Crippen LogP contribution in [0.1, 0.15) is 50.0 Å². The molecule has 1 saturated carbocycles. The summed E-state index contributed by atoms with van der Waals surface area (Å²) in [5.41, 5.74) is 6.43. The molecule has 1 atom stereocenters. The molecule has 12 heteroatoms. The Kier molecular flexibility index (Phi) is 6.89. The highest BCUT2D eigenvalue weighted by molar-refractivity contribution is 7.91. The first-order valence-electron chi connectivity index (χ1n) is 11.5. The van der Waals surface area contributed by atoms with Gasteiger partial charge in [-0.2, -0.15) is 18.2 Å². The molecule has 8 nitrogen and oxygen atoms in total. The molecule has 0 radical (unpaired) electrons. The fourth-order valence-corrected chi connectivity index (χ4v) is 7.10. The summed E-state index contributed by atoms with van der Waals surface area (Å²) in [5, 5.41) is 10.6. The molecule has 3 N–H and O–H groups in total. The standard InChI is InChI=1S/C22H30F3N3O5S/c23-22(24,25)19(17-1-2-17)33-18-5-3-15(4-6-18)16-7-11-28(12-8-16)34(31,32)21(20(26)29)9-13-27(30)14-10-21/h3-6,16-17,19,30H,1-2,7-14H2,(H2,26,29). The van der Waals surface area contributed by atoms with Crippen molar-refractivity contribution in [2.24, 2.45) is 11.7 Å². The van der Waals surface area contributed by atoms with Crippen LogP contribution < -0.4 is 10.5 Å². The van der Waals surface area contributed by atoms with Crippen LogP contribution in [-0.2, 0) is 14.8 Å². The molecule has 1 amide bonds. The van der Waals surface area contributed by atoms with E-state index < -0.39 is 38.9 Å². The maximum Gasteiger partial charge on any atom is 0.425 e. The number of sulfonamides is 1. The van der Waals surface area contributed by atoms with Gasteiger partial charge in [-0.15, -0.1) is 0 Å². The van der Waals surface area contributed by atoms with Crippen molar-refractivity contribution < 1.29 is 36.3 Å². The van der Waals surface area contributed by atoms with Gasteiger partial charge in [-0.1, -0.05) is 12.1 Å². The van der Waals surface area contributed by atoms with Gasteiger partial charge in [0, 0.05) is 32.1 Å². The van der Waals surface area contributed by atoms with E-state index in [-0.39, 0.29) is 50.7 Å². The van der Waals surface area contributed by atoms with Gasteiger partial charge in [0.2, 0.25) is 15.9 Å². The monoisotopic (exact) mass is 505 g/mol. The van der Waals surface area contributed by atoms with E-state index in [1.54, 1.807) is 12.1 Å². The lowest BCUT2D eigenvalue weighted by molar-refractivity contribution is -0.201. The quantitative estimate of drug-likeness (QED) is 0.589. The van der Waals surface area contributed by atoms with Gasteiger partial charge in [-0.3, -0.25) is 4.79 Å². The maximum absolute atomic E-state index is 13.4. The first-order valence-corrected chi connectivity index (χ1v) is 12.9. The molecular weight excluding hydrogens is 475 g/mol. The van der Waals surface area contributed by atoms with Gasteiger partial charge >= 0.3 is 6.18 Å². The summed E-state index contributed by atoms with van der Waals surface area (Å²) in [4.78, 5) is 12.2. The van der Waals surface area contributed by atoms with E-state index in [0.717, 1.165) is 10.6 Å². The van der Waals surface area contributed by atoms with E-state index in [1.165, 1.54) is 16.4 Å². The number of nitrogens with zero attached hydrogens (tertiary/aromatic N) is 2. The number of hydrogen-bond acceptors (Lipinski definition) is 6. The van der Waals surface area contributed by atoms with Crippen molar-refractivity contribution in [1.82, 2.24) is 9.37 Å². The normalized spacial score (nSPS) is 24.0. The number of amides is 1. The van der Waals surface area contributed by atoms with Crippen molar-refractivity contribution in [3.8, 4) is 5.75 Å². The number of carbonyl (C=O) groups is 1. The first-order chi connectivity index (χ1) is 15.9. The zero-order valence-electron chi connectivity index (χ0n) is 18.7. The molecule has 190 valence electrons. The lowest BCUT2D eigenvalue weighted by Crippen LogP contribution is -2.61. The SMILES string of the molecule is NC(=O)C1(S(=O)(=O)N2CCC(c3ccc(OC(C4CC4)C(F)(F)F)cc3)CC2)CCN(O)CC1. The summed E-state index contributed by atoms with van der Waals surface area (Å²) in [6, 6.07) is 6.52. The van der Waals surface area contributed by atoms with Crippen molar-refractivity contribution >= 4 is 15.9 Å². The summed E-state index contributed by atoms with van der Waals surface area (Å²) >= 11 is 0. The predicted octanol–water partition coefficient (Wildman–Crippen LogP) is 2.62. The number of carbonyl (C=O) groups excluding carboxylic acids is 1. The Morgan fingerprint density at radius 3 is 2.09 bits per heavy atom. The third-order valence-electron chi connectivity index (χ3n) is 7.27. The Balaban J connectivity index is 1.39. The van der Waals surface area contributed by atoms with Crippen LogP contribution in [0.5, 0.6) is 5.75 Å². The molecule has 3 fully saturated rings. The molecular formula is C22H30F3N3O5S. The summed E-state index contributed by atoms with van der Waals surface area (Å²) in [7, 11) is -4.02. The Bertz CT molecular complexity index is 982. The van der Waals surface area contributed by atoms with Gasteiger partial charge < -0.3 is 15.7 Å². The Labute approximate surface area is 196 Å². The summed E-state index contributed by atoms with van der Waals surface area (Å²) in [6.45, 7) is 0.508. The van der Waals surface area contributed by atoms with Crippen molar-refractivity contribution in [2.45, 2.75) is 61.5 Å². The summed E-state index contributed by atoms with van der Waals surface area (Å²) in [6.07, 6.45) is -4.29. The molecule has 0 aromatic heterocycles. The van der Waals surface area contributed by atoms with Gasteiger partial charge in [-0.05, 0) is 62.1 Å². The van der Waals surface area contributed by atoms with Crippen LogP contribution in [0.4, 0.5) is 13.2 Å². The minimum atomic E-state index is -4.41. The van der Waals surface area contributed by atoms with Crippen molar-refractivity contribution in [3.63, 3.8) is 0 Å². The van der Waals surface area contributed by atoms with Gasteiger partial charge in [0.15, 0.2) is 10.9 Å². The van der Waals surface area contributed by atoms with Gasteiger partial charge in [0.25, 0.3) is 0 Å². The lowest BCUT2D eigenvalue weighted by Gasteiger charge is -2.41. The average molecular weight is 506 g/mol. The number of piperidine rings is 2. The Hall–Kier alpha value is -1.89. The molecule has 1 aliphatic carbocycles. The second-order valence-corrected chi connectivity index (χ2v) is 11.7. The maximum atomic E-state index is 13.4.